The predicted molar refractivity (Wildman–Crippen MR) is 105 cm³/mol. The Balaban J connectivity index is 2.19. The zero-order chi connectivity index (χ0) is 17.1. The molecule has 2 aromatic heterocycles. The highest BCUT2D eigenvalue weighted by Crippen LogP contribution is 2.40. The second-order valence-electron chi connectivity index (χ2n) is 6.60. The molecule has 0 unspecified atom stereocenters. The summed E-state index contributed by atoms with van der Waals surface area (Å²) in [5.74, 6) is 0.124. The van der Waals surface area contributed by atoms with Crippen molar-refractivity contribution in [2.45, 2.75) is 20.3 Å². The van der Waals surface area contributed by atoms with Crippen LogP contribution in [0.2, 0.25) is 0 Å². The van der Waals surface area contributed by atoms with Gasteiger partial charge < -0.3 is 9.97 Å². The van der Waals surface area contributed by atoms with E-state index in [1.165, 1.54) is 10.8 Å². The van der Waals surface area contributed by atoms with Gasteiger partial charge in [0.15, 0.2) is 5.78 Å². The number of hydrogen-bond acceptors (Lipinski definition) is 1. The van der Waals surface area contributed by atoms with Crippen molar-refractivity contribution in [3.63, 3.8) is 0 Å². The predicted octanol–water partition coefficient (Wildman–Crippen LogP) is 5.72. The molecule has 0 spiro atoms. The molecule has 3 heteroatoms. The molecule has 122 valence electrons. The number of rotatable bonds is 2. The van der Waals surface area contributed by atoms with Crippen molar-refractivity contribution in [3.8, 4) is 0 Å². The van der Waals surface area contributed by atoms with Crippen molar-refractivity contribution < 1.29 is 4.79 Å². The van der Waals surface area contributed by atoms with Crippen LogP contribution in [-0.4, -0.2) is 15.8 Å². The average molecular weight is 326 g/mol. The smallest absolute Gasteiger partial charge is 0.160 e. The number of Topliss-reactive ketones (excluding diaryl/α,β-unsaturated/α-hetero) is 1. The van der Waals surface area contributed by atoms with Crippen LogP contribution < -0.4 is 0 Å². The Bertz CT molecular complexity index is 1300. The quantitative estimate of drug-likeness (QED) is 0.400. The van der Waals surface area contributed by atoms with Gasteiger partial charge in [0.1, 0.15) is 0 Å². The molecule has 2 heterocycles. The lowest BCUT2D eigenvalue weighted by atomic mass is 9.92. The van der Waals surface area contributed by atoms with E-state index >= 15 is 0 Å². The summed E-state index contributed by atoms with van der Waals surface area (Å²) in [5.41, 5.74) is 6.27. The van der Waals surface area contributed by atoms with E-state index in [4.69, 9.17) is 0 Å². The van der Waals surface area contributed by atoms with Crippen LogP contribution in [0.25, 0.3) is 43.6 Å². The van der Waals surface area contributed by atoms with Gasteiger partial charge in [0.05, 0.1) is 11.0 Å². The average Bonchev–Trinajstić information content (AvgIpc) is 3.19. The molecule has 0 fully saturated rings. The highest BCUT2D eigenvalue weighted by Gasteiger charge is 2.22. The van der Waals surface area contributed by atoms with E-state index in [0.29, 0.717) is 0 Å². The molecule has 0 aliphatic rings. The van der Waals surface area contributed by atoms with E-state index in [-0.39, 0.29) is 5.78 Å². The molecular formula is C22H18N2O. The minimum atomic E-state index is 0.124. The van der Waals surface area contributed by atoms with E-state index in [1.54, 1.807) is 6.92 Å². The van der Waals surface area contributed by atoms with Crippen LogP contribution in [0.15, 0.2) is 48.5 Å². The van der Waals surface area contributed by atoms with Gasteiger partial charge in [-0.1, -0.05) is 43.3 Å². The maximum absolute atomic E-state index is 12.7. The van der Waals surface area contributed by atoms with Gasteiger partial charge >= 0.3 is 0 Å². The number of para-hydroxylation sites is 2. The monoisotopic (exact) mass is 326 g/mol. The number of H-pyrrole nitrogens is 2. The number of carbonyl (C=O) groups is 1. The number of nitrogens with one attached hydrogen (secondary N) is 2. The molecule has 0 aliphatic carbocycles. The number of aromatic amines is 2. The normalized spacial score (nSPS) is 11.9. The fourth-order valence-electron chi connectivity index (χ4n) is 4.25. The topological polar surface area (TPSA) is 48.6 Å². The first kappa shape index (κ1) is 14.3. The van der Waals surface area contributed by atoms with Crippen LogP contribution in [0.3, 0.4) is 0 Å². The fourth-order valence-corrected chi connectivity index (χ4v) is 4.25. The van der Waals surface area contributed by atoms with Crippen LogP contribution in [0.4, 0.5) is 0 Å². The number of carbonyl (C=O) groups excluding carboxylic acids is 1. The third-order valence-corrected chi connectivity index (χ3v) is 5.22. The molecule has 0 saturated heterocycles. The molecular weight excluding hydrogens is 308 g/mol. The first-order valence-corrected chi connectivity index (χ1v) is 8.67. The summed E-state index contributed by atoms with van der Waals surface area (Å²) in [6.45, 7) is 3.81. The minimum absolute atomic E-state index is 0.124. The molecule has 0 bridgehead atoms. The van der Waals surface area contributed by atoms with E-state index in [2.05, 4.69) is 47.2 Å². The maximum Gasteiger partial charge on any atom is 0.160 e. The molecule has 5 aromatic rings. The Kier molecular flexibility index (Phi) is 2.84. The molecule has 5 rings (SSSR count). The van der Waals surface area contributed by atoms with Crippen molar-refractivity contribution >= 4 is 49.4 Å². The second-order valence-corrected chi connectivity index (χ2v) is 6.60. The largest absolute Gasteiger partial charge is 0.353 e. The summed E-state index contributed by atoms with van der Waals surface area (Å²) in [6, 6.07) is 16.5. The van der Waals surface area contributed by atoms with E-state index in [0.717, 1.165) is 50.4 Å². The molecule has 0 atom stereocenters. The lowest BCUT2D eigenvalue weighted by Crippen LogP contribution is -2.01. The summed E-state index contributed by atoms with van der Waals surface area (Å²) >= 11 is 0. The summed E-state index contributed by atoms with van der Waals surface area (Å²) < 4.78 is 0. The van der Waals surface area contributed by atoms with Crippen LogP contribution in [0, 0.1) is 0 Å². The summed E-state index contributed by atoms with van der Waals surface area (Å²) in [4.78, 5) is 19.8. The number of aryl methyl sites for hydroxylation is 1. The van der Waals surface area contributed by atoms with Crippen molar-refractivity contribution in [1.82, 2.24) is 9.97 Å². The summed E-state index contributed by atoms with van der Waals surface area (Å²) in [5, 5.41) is 4.50. The number of aromatic nitrogens is 2. The lowest BCUT2D eigenvalue weighted by Gasteiger charge is -2.10. The van der Waals surface area contributed by atoms with Crippen LogP contribution in [0.1, 0.15) is 29.8 Å². The van der Waals surface area contributed by atoms with E-state index in [1.807, 2.05) is 18.2 Å². The van der Waals surface area contributed by atoms with Gasteiger partial charge in [-0.15, -0.1) is 0 Å². The Morgan fingerprint density at radius 2 is 1.36 bits per heavy atom. The number of fused-ring (bicyclic) bond motifs is 7. The van der Waals surface area contributed by atoms with Crippen molar-refractivity contribution in [2.24, 2.45) is 0 Å². The van der Waals surface area contributed by atoms with Crippen molar-refractivity contribution in [3.05, 3.63) is 59.7 Å². The molecule has 2 N–H and O–H groups in total. The molecule has 0 aliphatic heterocycles. The van der Waals surface area contributed by atoms with Crippen LogP contribution in [-0.2, 0) is 6.42 Å². The highest BCUT2D eigenvalue weighted by atomic mass is 16.1. The summed E-state index contributed by atoms with van der Waals surface area (Å²) in [6.07, 6.45) is 0.822. The zero-order valence-electron chi connectivity index (χ0n) is 14.2. The molecule has 3 aromatic carbocycles. The van der Waals surface area contributed by atoms with Gasteiger partial charge in [0.25, 0.3) is 0 Å². The van der Waals surface area contributed by atoms with Gasteiger partial charge in [-0.2, -0.15) is 0 Å². The Morgan fingerprint density at radius 3 is 1.92 bits per heavy atom. The first-order valence-electron chi connectivity index (χ1n) is 8.67. The number of ketones is 1. The molecule has 0 amide bonds. The molecule has 25 heavy (non-hydrogen) atoms. The van der Waals surface area contributed by atoms with Crippen LogP contribution in [0.5, 0.6) is 0 Å². The maximum atomic E-state index is 12.7. The molecule has 3 nitrogen and oxygen atoms in total. The SMILES string of the molecule is CCc1c(C(C)=O)c2c3ccccc3[nH]c2c2[nH]c3ccccc3c12. The van der Waals surface area contributed by atoms with Gasteiger partial charge in [0.2, 0.25) is 0 Å². The van der Waals surface area contributed by atoms with E-state index in [9.17, 15) is 4.79 Å². The second kappa shape index (κ2) is 4.96. The van der Waals surface area contributed by atoms with Gasteiger partial charge in [-0.25, -0.2) is 0 Å². The minimum Gasteiger partial charge on any atom is -0.353 e. The molecule has 0 radical (unpaired) electrons. The summed E-state index contributed by atoms with van der Waals surface area (Å²) in [7, 11) is 0. The molecule has 0 saturated carbocycles. The first-order chi connectivity index (χ1) is 12.2. The number of benzene rings is 3. The Hall–Kier alpha value is -3.07. The fraction of sp³-hybridized carbons (Fsp3) is 0.136. The van der Waals surface area contributed by atoms with E-state index < -0.39 is 0 Å². The van der Waals surface area contributed by atoms with Crippen LogP contribution >= 0.6 is 0 Å². The third-order valence-electron chi connectivity index (χ3n) is 5.22. The van der Waals surface area contributed by atoms with Gasteiger partial charge in [-0.3, -0.25) is 4.79 Å². The Morgan fingerprint density at radius 1 is 0.840 bits per heavy atom. The third kappa shape index (κ3) is 1.78. The lowest BCUT2D eigenvalue weighted by molar-refractivity contribution is 0.101. The number of hydrogen-bond donors (Lipinski definition) is 2. The highest BCUT2D eigenvalue weighted by molar-refractivity contribution is 6.29. The van der Waals surface area contributed by atoms with Gasteiger partial charge in [0, 0.05) is 38.1 Å². The van der Waals surface area contributed by atoms with Crippen molar-refractivity contribution in [1.29, 1.82) is 0 Å². The van der Waals surface area contributed by atoms with Crippen molar-refractivity contribution in [2.75, 3.05) is 0 Å². The Labute approximate surface area is 144 Å². The standard InChI is InChI=1S/C22H18N2O/c1-3-13-18(12(2)25)20-15-9-5-7-11-17(15)24-22(20)21-19(13)14-8-4-6-10-16(14)23-21/h4-11,23-24H,3H2,1-2H3. The zero-order valence-corrected chi connectivity index (χ0v) is 14.2. The van der Waals surface area contributed by atoms with Gasteiger partial charge in [-0.05, 0) is 31.0 Å².